The van der Waals surface area contributed by atoms with E-state index in [1.165, 1.54) is 6.20 Å². The third-order valence-electron chi connectivity index (χ3n) is 4.06. The smallest absolute Gasteiger partial charge is 0.329 e. The molecule has 0 unspecified atom stereocenters. The molecule has 1 fully saturated rings. The van der Waals surface area contributed by atoms with Gasteiger partial charge in [-0.3, -0.25) is 4.79 Å². The van der Waals surface area contributed by atoms with E-state index in [-0.39, 0.29) is 18.6 Å². The summed E-state index contributed by atoms with van der Waals surface area (Å²) in [7, 11) is 0. The van der Waals surface area contributed by atoms with Crippen molar-refractivity contribution in [3.8, 4) is 0 Å². The second-order valence-electron chi connectivity index (χ2n) is 6.02. The highest BCUT2D eigenvalue weighted by Crippen LogP contribution is 2.15. The zero-order chi connectivity index (χ0) is 18.0. The van der Waals surface area contributed by atoms with E-state index in [0.29, 0.717) is 24.2 Å². The number of carboxylic acid groups (broad SMARTS) is 1. The van der Waals surface area contributed by atoms with Crippen molar-refractivity contribution in [3.63, 3.8) is 0 Å². The van der Waals surface area contributed by atoms with Gasteiger partial charge >= 0.3 is 5.97 Å². The Labute approximate surface area is 143 Å². The van der Waals surface area contributed by atoms with Crippen molar-refractivity contribution in [1.29, 1.82) is 0 Å². The Kier molecular flexibility index (Phi) is 4.95. The van der Waals surface area contributed by atoms with Crippen LogP contribution < -0.4 is 5.32 Å². The normalized spacial score (nSPS) is 20.6. The molecule has 1 amide bonds. The third-order valence-corrected chi connectivity index (χ3v) is 4.06. The first kappa shape index (κ1) is 17.3. The summed E-state index contributed by atoms with van der Waals surface area (Å²) in [4.78, 5) is 27.8. The Balaban J connectivity index is 1.77. The fourth-order valence-corrected chi connectivity index (χ4v) is 2.90. The lowest BCUT2D eigenvalue weighted by Gasteiger charge is -2.31. The minimum Gasteiger partial charge on any atom is -0.480 e. The predicted octanol–water partition coefficient (Wildman–Crippen LogP) is 0.335. The molecule has 0 bridgehead atoms. The van der Waals surface area contributed by atoms with Crippen LogP contribution in [0.4, 0.5) is 0 Å². The molecule has 0 aliphatic carbocycles. The molecule has 1 aliphatic heterocycles. The van der Waals surface area contributed by atoms with Gasteiger partial charge < -0.3 is 19.9 Å². The fourth-order valence-electron chi connectivity index (χ4n) is 2.90. The lowest BCUT2D eigenvalue weighted by atomic mass is 10.1. The van der Waals surface area contributed by atoms with Crippen LogP contribution in [-0.2, 0) is 14.3 Å². The third kappa shape index (κ3) is 3.77. The molecule has 1 aliphatic rings. The summed E-state index contributed by atoms with van der Waals surface area (Å²) < 4.78 is 12.3. The van der Waals surface area contributed by atoms with Gasteiger partial charge in [-0.1, -0.05) is 0 Å². The largest absolute Gasteiger partial charge is 0.480 e. The molecule has 9 heteroatoms. The zero-order valence-electron chi connectivity index (χ0n) is 14.1. The van der Waals surface area contributed by atoms with Crippen molar-refractivity contribution in [2.24, 2.45) is 0 Å². The second kappa shape index (κ2) is 7.16. The maximum atomic E-state index is 12.7. The van der Waals surface area contributed by atoms with Crippen molar-refractivity contribution in [2.45, 2.75) is 32.4 Å². The van der Waals surface area contributed by atoms with Crippen LogP contribution in [0.3, 0.4) is 0 Å². The van der Waals surface area contributed by atoms with E-state index < -0.39 is 18.7 Å². The van der Waals surface area contributed by atoms with Crippen molar-refractivity contribution < 1.29 is 24.2 Å². The Bertz CT molecular complexity index is 803. The van der Waals surface area contributed by atoms with Crippen LogP contribution in [0.25, 0.3) is 5.65 Å². The number of amides is 1. The summed E-state index contributed by atoms with van der Waals surface area (Å²) in [5.74, 6) is -1.38. The summed E-state index contributed by atoms with van der Waals surface area (Å²) >= 11 is 0. The molecule has 2 N–H and O–H groups in total. The first-order valence-electron chi connectivity index (χ1n) is 7.99. The molecule has 25 heavy (non-hydrogen) atoms. The summed E-state index contributed by atoms with van der Waals surface area (Å²) in [6.45, 7) is 4.03. The quantitative estimate of drug-likeness (QED) is 0.800. The van der Waals surface area contributed by atoms with E-state index in [0.717, 1.165) is 11.4 Å². The van der Waals surface area contributed by atoms with E-state index in [1.54, 1.807) is 4.52 Å². The molecule has 2 aromatic heterocycles. The molecule has 2 aromatic rings. The summed E-state index contributed by atoms with van der Waals surface area (Å²) in [5, 5.41) is 15.9. The molecule has 0 saturated carbocycles. The van der Waals surface area contributed by atoms with E-state index in [2.05, 4.69) is 15.4 Å². The number of fused-ring (bicyclic) bond motifs is 1. The fraction of sp³-hybridized carbons (Fsp3) is 0.500. The van der Waals surface area contributed by atoms with Gasteiger partial charge in [-0.25, -0.2) is 14.3 Å². The van der Waals surface area contributed by atoms with Crippen molar-refractivity contribution in [2.75, 3.05) is 19.8 Å². The number of carbonyl (C=O) groups excluding carboxylic acids is 1. The highest BCUT2D eigenvalue weighted by atomic mass is 16.5. The van der Waals surface area contributed by atoms with E-state index in [1.807, 2.05) is 19.9 Å². The van der Waals surface area contributed by atoms with Crippen LogP contribution in [0.15, 0.2) is 12.3 Å². The average Bonchev–Trinajstić information content (AvgIpc) is 2.98. The molecule has 1 saturated heterocycles. The summed E-state index contributed by atoms with van der Waals surface area (Å²) in [6, 6.07) is 1.55. The van der Waals surface area contributed by atoms with Crippen LogP contribution in [-0.4, -0.2) is 63.5 Å². The number of ether oxygens (including phenoxy) is 2. The van der Waals surface area contributed by atoms with Gasteiger partial charge in [0.1, 0.15) is 18.3 Å². The molecule has 0 radical (unpaired) electrons. The predicted molar refractivity (Wildman–Crippen MR) is 86.5 cm³/mol. The molecule has 3 heterocycles. The molecule has 0 aromatic carbocycles. The number of nitrogens with zero attached hydrogens (tertiary/aromatic N) is 3. The number of rotatable bonds is 5. The number of nitrogens with one attached hydrogen (secondary N) is 1. The van der Waals surface area contributed by atoms with E-state index in [9.17, 15) is 9.59 Å². The second-order valence-corrected chi connectivity index (χ2v) is 6.02. The van der Waals surface area contributed by atoms with Crippen LogP contribution in [0.5, 0.6) is 0 Å². The summed E-state index contributed by atoms with van der Waals surface area (Å²) in [6.07, 6.45) is 1.52. The Morgan fingerprint density at radius 2 is 2.28 bits per heavy atom. The Morgan fingerprint density at radius 1 is 1.48 bits per heavy atom. The number of aryl methyl sites for hydroxylation is 2. The lowest BCUT2D eigenvalue weighted by molar-refractivity contribution is -0.148. The minimum atomic E-state index is -1.06. The van der Waals surface area contributed by atoms with Crippen molar-refractivity contribution in [3.05, 3.63) is 29.2 Å². The van der Waals surface area contributed by atoms with E-state index in [4.69, 9.17) is 14.6 Å². The van der Waals surface area contributed by atoms with Crippen LogP contribution in [0.2, 0.25) is 0 Å². The average molecular weight is 348 g/mol. The number of carbonyl (C=O) groups is 2. The summed E-state index contributed by atoms with van der Waals surface area (Å²) in [5.41, 5.74) is 2.55. The molecule has 0 spiro atoms. The number of aromatic nitrogens is 3. The van der Waals surface area contributed by atoms with Crippen LogP contribution in [0.1, 0.15) is 28.2 Å². The number of hydrogen-bond donors (Lipinski definition) is 2. The number of aliphatic carboxylic acids is 1. The molecule has 9 nitrogen and oxygen atoms in total. The molecule has 2 atom stereocenters. The highest BCUT2D eigenvalue weighted by Gasteiger charge is 2.29. The van der Waals surface area contributed by atoms with E-state index >= 15 is 0 Å². The highest BCUT2D eigenvalue weighted by molar-refractivity contribution is 5.99. The van der Waals surface area contributed by atoms with Gasteiger partial charge in [0.15, 0.2) is 5.65 Å². The maximum Gasteiger partial charge on any atom is 0.329 e. The standard InChI is InChI=1S/C16H20N4O5/c1-9-5-10(2)20-15(18-9)11(6-17-20)16(23)19-12-3-4-24-7-13(12)25-8-14(21)22/h5-6,12-13H,3-4,7-8H2,1-2H3,(H,19,23)(H,21,22)/t12-,13-/m1/s1. The van der Waals surface area contributed by atoms with Gasteiger partial charge in [0, 0.05) is 18.0 Å². The molecular formula is C16H20N4O5. The molecular weight excluding hydrogens is 328 g/mol. The maximum absolute atomic E-state index is 12.7. The van der Waals surface area contributed by atoms with Gasteiger partial charge in [0.25, 0.3) is 5.91 Å². The first-order chi connectivity index (χ1) is 12.0. The van der Waals surface area contributed by atoms with Gasteiger partial charge in [-0.15, -0.1) is 0 Å². The van der Waals surface area contributed by atoms with Gasteiger partial charge in [-0.05, 0) is 26.3 Å². The minimum absolute atomic E-state index is 0.240. The van der Waals surface area contributed by atoms with Gasteiger partial charge in [0.2, 0.25) is 0 Å². The zero-order valence-corrected chi connectivity index (χ0v) is 14.1. The van der Waals surface area contributed by atoms with Gasteiger partial charge in [-0.2, -0.15) is 5.10 Å². The van der Waals surface area contributed by atoms with Crippen LogP contribution >= 0.6 is 0 Å². The monoisotopic (exact) mass is 348 g/mol. The van der Waals surface area contributed by atoms with Crippen LogP contribution in [0, 0.1) is 13.8 Å². The number of hydrogen-bond acceptors (Lipinski definition) is 6. The Hall–Kier alpha value is -2.52. The SMILES string of the molecule is Cc1cc(C)n2ncc(C(=O)N[C@@H]3CCOC[C@H]3OCC(=O)O)c2n1. The van der Waals surface area contributed by atoms with Crippen molar-refractivity contribution >= 4 is 17.5 Å². The van der Waals surface area contributed by atoms with Gasteiger partial charge in [0.05, 0.1) is 18.8 Å². The lowest BCUT2D eigenvalue weighted by Crippen LogP contribution is -2.50. The first-order valence-corrected chi connectivity index (χ1v) is 7.99. The molecule has 134 valence electrons. The molecule has 3 rings (SSSR count). The number of carboxylic acids is 1. The topological polar surface area (TPSA) is 115 Å². The van der Waals surface area contributed by atoms with Crippen molar-refractivity contribution in [1.82, 2.24) is 19.9 Å². The Morgan fingerprint density at radius 3 is 3.04 bits per heavy atom.